The molecule has 2 unspecified atom stereocenters. The highest BCUT2D eigenvalue weighted by molar-refractivity contribution is 9.10. The van der Waals surface area contributed by atoms with Gasteiger partial charge in [-0.3, -0.25) is 14.5 Å². The maximum absolute atomic E-state index is 12.5. The van der Waals surface area contributed by atoms with Crippen molar-refractivity contribution in [2.24, 2.45) is 5.92 Å². The zero-order valence-corrected chi connectivity index (χ0v) is 13.7. The second kappa shape index (κ2) is 6.14. The van der Waals surface area contributed by atoms with E-state index in [0.717, 1.165) is 10.9 Å². The third kappa shape index (κ3) is 2.99. The van der Waals surface area contributed by atoms with Crippen molar-refractivity contribution >= 4 is 45.0 Å². The monoisotopic (exact) mass is 358 g/mol. The summed E-state index contributed by atoms with van der Waals surface area (Å²) in [6.07, 6.45) is 0.818. The lowest BCUT2D eigenvalue weighted by Crippen LogP contribution is -2.60. The fraction of sp³-hybridized carbons (Fsp3) is 0.429. The van der Waals surface area contributed by atoms with Crippen LogP contribution in [0.4, 0.5) is 5.69 Å². The Morgan fingerprint density at radius 3 is 2.80 bits per heavy atom. The Labute approximate surface area is 131 Å². The molecule has 2 atom stereocenters. The normalized spacial score (nSPS) is 20.8. The van der Waals surface area contributed by atoms with Gasteiger partial charge in [0.05, 0.1) is 10.7 Å². The number of carbonyl (C=O) groups excluding carboxylic acids is 2. The average molecular weight is 360 g/mol. The summed E-state index contributed by atoms with van der Waals surface area (Å²) < 4.78 is 0.832. The molecule has 1 saturated heterocycles. The van der Waals surface area contributed by atoms with Gasteiger partial charge in [-0.25, -0.2) is 0 Å². The van der Waals surface area contributed by atoms with Crippen molar-refractivity contribution in [2.75, 3.05) is 11.4 Å². The van der Waals surface area contributed by atoms with E-state index < -0.39 is 6.04 Å². The molecule has 20 heavy (non-hydrogen) atoms. The Hall–Kier alpha value is -1.07. The minimum absolute atomic E-state index is 0.00706. The fourth-order valence-corrected chi connectivity index (χ4v) is 2.97. The lowest BCUT2D eigenvalue weighted by atomic mass is 9.96. The quantitative estimate of drug-likeness (QED) is 0.902. The number of hydrogen-bond donors (Lipinski definition) is 1. The standard InChI is InChI=1S/C14H16BrClN2O2/c1-3-8(2)13-14(20)18(7-12(19)17-13)11-5-4-9(15)6-10(11)16/h4-6,8,13H,3,7H2,1-2H3,(H,17,19). The van der Waals surface area contributed by atoms with E-state index >= 15 is 0 Å². The van der Waals surface area contributed by atoms with Crippen LogP contribution in [0.3, 0.4) is 0 Å². The second-order valence-electron chi connectivity index (χ2n) is 4.95. The molecule has 1 aromatic carbocycles. The Kier molecular flexibility index (Phi) is 4.70. The van der Waals surface area contributed by atoms with E-state index in [9.17, 15) is 9.59 Å². The van der Waals surface area contributed by atoms with Crippen molar-refractivity contribution in [3.05, 3.63) is 27.7 Å². The first kappa shape index (κ1) is 15.3. The van der Waals surface area contributed by atoms with E-state index in [1.54, 1.807) is 18.2 Å². The van der Waals surface area contributed by atoms with Crippen LogP contribution in [0.5, 0.6) is 0 Å². The maximum atomic E-state index is 12.5. The molecule has 108 valence electrons. The predicted molar refractivity (Wildman–Crippen MR) is 82.9 cm³/mol. The number of hydrogen-bond acceptors (Lipinski definition) is 2. The van der Waals surface area contributed by atoms with Gasteiger partial charge in [0, 0.05) is 4.47 Å². The lowest BCUT2D eigenvalue weighted by Gasteiger charge is -2.35. The van der Waals surface area contributed by atoms with Crippen LogP contribution < -0.4 is 10.2 Å². The molecule has 1 aliphatic rings. The van der Waals surface area contributed by atoms with Crippen LogP contribution in [0.25, 0.3) is 0 Å². The second-order valence-corrected chi connectivity index (χ2v) is 6.27. The van der Waals surface area contributed by atoms with Crippen molar-refractivity contribution in [3.63, 3.8) is 0 Å². The predicted octanol–water partition coefficient (Wildman–Crippen LogP) is 2.98. The molecular formula is C14H16BrClN2O2. The van der Waals surface area contributed by atoms with Crippen LogP contribution in [0.2, 0.25) is 5.02 Å². The number of halogens is 2. The van der Waals surface area contributed by atoms with Crippen LogP contribution in [0.1, 0.15) is 20.3 Å². The van der Waals surface area contributed by atoms with Gasteiger partial charge in [-0.2, -0.15) is 0 Å². The molecule has 0 aliphatic carbocycles. The number of piperazine rings is 1. The minimum atomic E-state index is -0.485. The molecule has 0 radical (unpaired) electrons. The molecule has 1 aromatic rings. The maximum Gasteiger partial charge on any atom is 0.250 e. The average Bonchev–Trinajstić information content (AvgIpc) is 2.40. The van der Waals surface area contributed by atoms with Crippen molar-refractivity contribution in [1.29, 1.82) is 0 Å². The summed E-state index contributed by atoms with van der Waals surface area (Å²) in [5.41, 5.74) is 0.572. The van der Waals surface area contributed by atoms with Gasteiger partial charge < -0.3 is 5.32 Å². The molecule has 0 saturated carbocycles. The number of anilines is 1. The van der Waals surface area contributed by atoms with Gasteiger partial charge in [0.1, 0.15) is 12.6 Å². The summed E-state index contributed by atoms with van der Waals surface area (Å²) in [5, 5.41) is 3.21. The number of amides is 2. The van der Waals surface area contributed by atoms with Crippen LogP contribution in [-0.2, 0) is 9.59 Å². The molecule has 0 spiro atoms. The van der Waals surface area contributed by atoms with Gasteiger partial charge in [-0.1, -0.05) is 47.8 Å². The van der Waals surface area contributed by atoms with Gasteiger partial charge in [0.2, 0.25) is 11.8 Å². The molecule has 2 rings (SSSR count). The zero-order valence-electron chi connectivity index (χ0n) is 11.3. The summed E-state index contributed by atoms with van der Waals surface area (Å²) in [4.78, 5) is 25.9. The fourth-order valence-electron chi connectivity index (χ4n) is 2.20. The Morgan fingerprint density at radius 1 is 1.50 bits per heavy atom. The Balaban J connectivity index is 2.35. The highest BCUT2D eigenvalue weighted by atomic mass is 79.9. The van der Waals surface area contributed by atoms with Gasteiger partial charge >= 0.3 is 0 Å². The summed E-state index contributed by atoms with van der Waals surface area (Å²) in [7, 11) is 0. The summed E-state index contributed by atoms with van der Waals surface area (Å²) >= 11 is 9.51. The topological polar surface area (TPSA) is 49.4 Å². The molecule has 4 nitrogen and oxygen atoms in total. The molecule has 0 aromatic heterocycles. The minimum Gasteiger partial charge on any atom is -0.342 e. The highest BCUT2D eigenvalue weighted by Gasteiger charge is 2.36. The van der Waals surface area contributed by atoms with E-state index in [-0.39, 0.29) is 24.3 Å². The molecule has 1 fully saturated rings. The summed E-state index contributed by atoms with van der Waals surface area (Å²) in [6.45, 7) is 3.96. The molecule has 1 heterocycles. The van der Waals surface area contributed by atoms with Crippen molar-refractivity contribution < 1.29 is 9.59 Å². The Bertz CT molecular complexity index is 550. The number of nitrogens with one attached hydrogen (secondary N) is 1. The van der Waals surface area contributed by atoms with Crippen LogP contribution in [0.15, 0.2) is 22.7 Å². The SMILES string of the molecule is CCC(C)C1NC(=O)CN(c2ccc(Br)cc2Cl)C1=O. The van der Waals surface area contributed by atoms with Crippen molar-refractivity contribution in [2.45, 2.75) is 26.3 Å². The molecule has 0 bridgehead atoms. The molecule has 1 N–H and O–H groups in total. The van der Waals surface area contributed by atoms with Crippen LogP contribution in [-0.4, -0.2) is 24.4 Å². The number of rotatable bonds is 3. The van der Waals surface area contributed by atoms with Gasteiger partial charge in [0.15, 0.2) is 0 Å². The third-order valence-electron chi connectivity index (χ3n) is 3.56. The number of nitrogens with zero attached hydrogens (tertiary/aromatic N) is 1. The molecule has 6 heteroatoms. The lowest BCUT2D eigenvalue weighted by molar-refractivity contribution is -0.132. The summed E-state index contributed by atoms with van der Waals surface area (Å²) in [6, 6.07) is 4.78. The van der Waals surface area contributed by atoms with E-state index in [1.165, 1.54) is 4.90 Å². The van der Waals surface area contributed by atoms with Gasteiger partial charge in [0.25, 0.3) is 0 Å². The van der Waals surface area contributed by atoms with Crippen LogP contribution in [0, 0.1) is 5.92 Å². The zero-order chi connectivity index (χ0) is 14.9. The first-order valence-electron chi connectivity index (χ1n) is 6.49. The van der Waals surface area contributed by atoms with E-state index in [4.69, 9.17) is 11.6 Å². The molecule has 1 aliphatic heterocycles. The van der Waals surface area contributed by atoms with Crippen molar-refractivity contribution in [1.82, 2.24) is 5.32 Å². The first-order chi connectivity index (χ1) is 9.43. The van der Waals surface area contributed by atoms with E-state index in [0.29, 0.717) is 10.7 Å². The smallest absolute Gasteiger partial charge is 0.250 e. The van der Waals surface area contributed by atoms with E-state index in [1.807, 2.05) is 13.8 Å². The molecular weight excluding hydrogens is 344 g/mol. The summed E-state index contributed by atoms with van der Waals surface area (Å²) in [5.74, 6) is -0.180. The molecule has 2 amide bonds. The van der Waals surface area contributed by atoms with Gasteiger partial charge in [-0.15, -0.1) is 0 Å². The largest absolute Gasteiger partial charge is 0.342 e. The van der Waals surface area contributed by atoms with Gasteiger partial charge in [-0.05, 0) is 24.1 Å². The van der Waals surface area contributed by atoms with Crippen molar-refractivity contribution in [3.8, 4) is 0 Å². The highest BCUT2D eigenvalue weighted by Crippen LogP contribution is 2.31. The van der Waals surface area contributed by atoms with Crippen LogP contribution >= 0.6 is 27.5 Å². The first-order valence-corrected chi connectivity index (χ1v) is 7.67. The van der Waals surface area contributed by atoms with E-state index in [2.05, 4.69) is 21.2 Å². The number of carbonyl (C=O) groups is 2. The Morgan fingerprint density at radius 2 is 2.20 bits per heavy atom. The third-order valence-corrected chi connectivity index (χ3v) is 4.36. The number of benzene rings is 1.